The second kappa shape index (κ2) is 4.98. The molecule has 1 aliphatic rings. The molecule has 0 heterocycles. The number of hydrogen-bond acceptors (Lipinski definition) is 3. The van der Waals surface area contributed by atoms with E-state index >= 15 is 0 Å². The van der Waals surface area contributed by atoms with Crippen molar-refractivity contribution in [2.75, 3.05) is 30.9 Å². The molecule has 0 aliphatic heterocycles. The average molecular weight is 247 g/mol. The van der Waals surface area contributed by atoms with Gasteiger partial charge in [-0.05, 0) is 37.1 Å². The van der Waals surface area contributed by atoms with Crippen LogP contribution in [-0.4, -0.2) is 26.5 Å². The standard InChI is InChI=1S/C14H21N3O/c1-17(2)12-6-4-11(5-7-12)16-13(18)14(10-15)8-3-9-14/h4-7H,3,8-10,15H2,1-2H3,(H,16,18). The second-order valence-corrected chi connectivity index (χ2v) is 5.23. The molecule has 0 unspecified atom stereocenters. The smallest absolute Gasteiger partial charge is 0.231 e. The summed E-state index contributed by atoms with van der Waals surface area (Å²) in [6.07, 6.45) is 2.92. The van der Waals surface area contributed by atoms with Crippen LogP contribution in [0.2, 0.25) is 0 Å². The van der Waals surface area contributed by atoms with Crippen LogP contribution in [0, 0.1) is 5.41 Å². The first kappa shape index (κ1) is 12.9. The van der Waals surface area contributed by atoms with Crippen molar-refractivity contribution in [3.05, 3.63) is 24.3 Å². The summed E-state index contributed by atoms with van der Waals surface area (Å²) in [5, 5.41) is 2.96. The van der Waals surface area contributed by atoms with Gasteiger partial charge in [0.05, 0.1) is 5.41 Å². The highest BCUT2D eigenvalue weighted by molar-refractivity contribution is 5.96. The number of hydrogen-bond donors (Lipinski definition) is 2. The van der Waals surface area contributed by atoms with Crippen molar-refractivity contribution in [1.82, 2.24) is 0 Å². The molecule has 1 fully saturated rings. The molecule has 1 amide bonds. The van der Waals surface area contributed by atoms with Crippen molar-refractivity contribution in [3.63, 3.8) is 0 Å². The van der Waals surface area contributed by atoms with Crippen molar-refractivity contribution < 1.29 is 4.79 Å². The number of carbonyl (C=O) groups excluding carboxylic acids is 1. The number of rotatable bonds is 4. The molecule has 0 radical (unpaired) electrons. The zero-order valence-electron chi connectivity index (χ0n) is 11.1. The molecule has 1 aromatic carbocycles. The maximum atomic E-state index is 12.2. The molecule has 4 nitrogen and oxygen atoms in total. The fourth-order valence-electron chi connectivity index (χ4n) is 2.23. The summed E-state index contributed by atoms with van der Waals surface area (Å²) < 4.78 is 0. The maximum Gasteiger partial charge on any atom is 0.231 e. The summed E-state index contributed by atoms with van der Waals surface area (Å²) in [6, 6.07) is 7.84. The van der Waals surface area contributed by atoms with Crippen molar-refractivity contribution >= 4 is 17.3 Å². The fraction of sp³-hybridized carbons (Fsp3) is 0.500. The van der Waals surface area contributed by atoms with E-state index in [0.29, 0.717) is 6.54 Å². The molecule has 1 saturated carbocycles. The van der Waals surface area contributed by atoms with Gasteiger partial charge in [-0.15, -0.1) is 0 Å². The molecule has 2 rings (SSSR count). The Morgan fingerprint density at radius 1 is 1.33 bits per heavy atom. The Balaban J connectivity index is 2.03. The number of nitrogens with zero attached hydrogens (tertiary/aromatic N) is 1. The zero-order valence-corrected chi connectivity index (χ0v) is 11.1. The monoisotopic (exact) mass is 247 g/mol. The minimum Gasteiger partial charge on any atom is -0.378 e. The third-order valence-corrected chi connectivity index (χ3v) is 3.82. The first-order valence-electron chi connectivity index (χ1n) is 6.36. The van der Waals surface area contributed by atoms with E-state index in [9.17, 15) is 4.79 Å². The molecule has 3 N–H and O–H groups in total. The van der Waals surface area contributed by atoms with Gasteiger partial charge in [-0.1, -0.05) is 6.42 Å². The minimum absolute atomic E-state index is 0.0638. The quantitative estimate of drug-likeness (QED) is 0.853. The van der Waals surface area contributed by atoms with Crippen LogP contribution in [0.15, 0.2) is 24.3 Å². The van der Waals surface area contributed by atoms with Gasteiger partial charge in [-0.25, -0.2) is 0 Å². The molecule has 0 spiro atoms. The Kier molecular flexibility index (Phi) is 3.57. The lowest BCUT2D eigenvalue weighted by Gasteiger charge is -2.39. The molecular weight excluding hydrogens is 226 g/mol. The topological polar surface area (TPSA) is 58.4 Å². The SMILES string of the molecule is CN(C)c1ccc(NC(=O)C2(CN)CCC2)cc1. The van der Waals surface area contributed by atoms with Crippen LogP contribution in [-0.2, 0) is 4.79 Å². The fourth-order valence-corrected chi connectivity index (χ4v) is 2.23. The van der Waals surface area contributed by atoms with Gasteiger partial charge in [0.25, 0.3) is 0 Å². The highest BCUT2D eigenvalue weighted by Crippen LogP contribution is 2.40. The van der Waals surface area contributed by atoms with E-state index in [0.717, 1.165) is 30.6 Å². The van der Waals surface area contributed by atoms with Crippen LogP contribution in [0.3, 0.4) is 0 Å². The third kappa shape index (κ3) is 2.34. The van der Waals surface area contributed by atoms with Crippen molar-refractivity contribution in [2.24, 2.45) is 11.1 Å². The number of amides is 1. The molecule has 98 valence electrons. The van der Waals surface area contributed by atoms with Gasteiger partial charge in [0.15, 0.2) is 0 Å². The van der Waals surface area contributed by atoms with Crippen LogP contribution < -0.4 is 16.0 Å². The molecular formula is C14H21N3O. The zero-order chi connectivity index (χ0) is 13.2. The summed E-state index contributed by atoms with van der Waals surface area (Å²) >= 11 is 0. The summed E-state index contributed by atoms with van der Waals surface area (Å²) in [5.41, 5.74) is 7.35. The predicted molar refractivity (Wildman–Crippen MR) is 74.7 cm³/mol. The number of anilines is 2. The Bertz CT molecular complexity index is 416. The molecule has 18 heavy (non-hydrogen) atoms. The summed E-state index contributed by atoms with van der Waals surface area (Å²) in [4.78, 5) is 14.2. The summed E-state index contributed by atoms with van der Waals surface area (Å²) in [7, 11) is 3.98. The van der Waals surface area contributed by atoms with E-state index in [-0.39, 0.29) is 11.3 Å². The van der Waals surface area contributed by atoms with E-state index in [1.54, 1.807) is 0 Å². The molecule has 0 atom stereocenters. The average Bonchev–Trinajstić information content (AvgIpc) is 2.29. The first-order chi connectivity index (χ1) is 8.57. The van der Waals surface area contributed by atoms with Crippen LogP contribution in [0.5, 0.6) is 0 Å². The predicted octanol–water partition coefficient (Wildman–Crippen LogP) is 1.82. The molecule has 0 bridgehead atoms. The van der Waals surface area contributed by atoms with Gasteiger partial charge in [0.1, 0.15) is 0 Å². The largest absolute Gasteiger partial charge is 0.378 e. The minimum atomic E-state index is -0.319. The molecule has 0 aromatic heterocycles. The van der Waals surface area contributed by atoms with E-state index < -0.39 is 0 Å². The normalized spacial score (nSPS) is 16.8. The lowest BCUT2D eigenvalue weighted by molar-refractivity contribution is -0.129. The highest BCUT2D eigenvalue weighted by atomic mass is 16.2. The summed E-state index contributed by atoms with van der Waals surface area (Å²) in [6.45, 7) is 0.439. The van der Waals surface area contributed by atoms with Gasteiger partial charge < -0.3 is 16.0 Å². The molecule has 0 saturated heterocycles. The number of nitrogens with one attached hydrogen (secondary N) is 1. The van der Waals surface area contributed by atoms with Gasteiger partial charge in [0.2, 0.25) is 5.91 Å². The van der Waals surface area contributed by atoms with Crippen molar-refractivity contribution in [3.8, 4) is 0 Å². The molecule has 4 heteroatoms. The maximum absolute atomic E-state index is 12.2. The lowest BCUT2D eigenvalue weighted by Crippen LogP contribution is -2.47. The number of nitrogens with two attached hydrogens (primary N) is 1. The van der Waals surface area contributed by atoms with Gasteiger partial charge in [-0.2, -0.15) is 0 Å². The molecule has 1 aliphatic carbocycles. The van der Waals surface area contributed by atoms with E-state index in [2.05, 4.69) is 5.32 Å². The van der Waals surface area contributed by atoms with Crippen molar-refractivity contribution in [2.45, 2.75) is 19.3 Å². The van der Waals surface area contributed by atoms with E-state index in [1.807, 2.05) is 43.3 Å². The van der Waals surface area contributed by atoms with E-state index in [1.165, 1.54) is 0 Å². The Morgan fingerprint density at radius 2 is 1.94 bits per heavy atom. The number of benzene rings is 1. The van der Waals surface area contributed by atoms with E-state index in [4.69, 9.17) is 5.73 Å². The van der Waals surface area contributed by atoms with Crippen LogP contribution in [0.25, 0.3) is 0 Å². The highest BCUT2D eigenvalue weighted by Gasteiger charge is 2.42. The molecule has 1 aromatic rings. The second-order valence-electron chi connectivity index (χ2n) is 5.23. The number of carbonyl (C=O) groups is 1. The Morgan fingerprint density at radius 3 is 2.33 bits per heavy atom. The van der Waals surface area contributed by atoms with Crippen LogP contribution >= 0.6 is 0 Å². The third-order valence-electron chi connectivity index (χ3n) is 3.82. The Labute approximate surface area is 108 Å². The first-order valence-corrected chi connectivity index (χ1v) is 6.36. The summed E-state index contributed by atoms with van der Waals surface area (Å²) in [5.74, 6) is 0.0638. The Hall–Kier alpha value is -1.55. The van der Waals surface area contributed by atoms with Gasteiger partial charge in [0, 0.05) is 32.0 Å². The lowest BCUT2D eigenvalue weighted by atomic mass is 9.68. The van der Waals surface area contributed by atoms with Gasteiger partial charge >= 0.3 is 0 Å². The van der Waals surface area contributed by atoms with Crippen molar-refractivity contribution in [1.29, 1.82) is 0 Å². The van der Waals surface area contributed by atoms with Crippen LogP contribution in [0.1, 0.15) is 19.3 Å². The van der Waals surface area contributed by atoms with Crippen LogP contribution in [0.4, 0.5) is 11.4 Å². The van der Waals surface area contributed by atoms with Gasteiger partial charge in [-0.3, -0.25) is 4.79 Å².